The minimum absolute atomic E-state index is 0.0802. The lowest BCUT2D eigenvalue weighted by molar-refractivity contribution is -0.136. The molecule has 2 aromatic rings. The van der Waals surface area contributed by atoms with Gasteiger partial charge in [0.15, 0.2) is 0 Å². The van der Waals surface area contributed by atoms with Crippen LogP contribution in [-0.4, -0.2) is 31.4 Å². The number of fused-ring (bicyclic) bond motifs is 1. The zero-order valence-electron chi connectivity index (χ0n) is 15.8. The molecule has 0 fully saturated rings. The van der Waals surface area contributed by atoms with Crippen molar-refractivity contribution in [3.63, 3.8) is 0 Å². The maximum Gasteiger partial charge on any atom is 0.340 e. The molecule has 0 saturated heterocycles. The second-order valence-corrected chi connectivity index (χ2v) is 6.81. The number of aromatic nitrogens is 1. The second kappa shape index (κ2) is 8.08. The van der Waals surface area contributed by atoms with E-state index in [-0.39, 0.29) is 17.0 Å². The number of pyridine rings is 1. The largest absolute Gasteiger partial charge is 0.465 e. The highest BCUT2D eigenvalue weighted by Crippen LogP contribution is 2.41. The van der Waals surface area contributed by atoms with Crippen LogP contribution >= 0.6 is 11.6 Å². The summed E-state index contributed by atoms with van der Waals surface area (Å²) in [6.07, 6.45) is 0. The molecule has 0 radical (unpaired) electrons. The van der Waals surface area contributed by atoms with E-state index in [9.17, 15) is 9.59 Å². The molecular weight excluding hydrogens is 384 g/mol. The molecule has 3 rings (SSSR count). The van der Waals surface area contributed by atoms with Gasteiger partial charge >= 0.3 is 5.97 Å². The van der Waals surface area contributed by atoms with E-state index >= 15 is 0 Å². The predicted molar refractivity (Wildman–Crippen MR) is 104 cm³/mol. The molecule has 0 spiro atoms. The monoisotopic (exact) mass is 404 g/mol. The highest BCUT2D eigenvalue weighted by Gasteiger charge is 2.38. The van der Waals surface area contributed by atoms with Crippen molar-refractivity contribution in [1.82, 2.24) is 4.57 Å². The van der Waals surface area contributed by atoms with Crippen LogP contribution in [0.3, 0.4) is 0 Å². The first kappa shape index (κ1) is 20.0. The standard InChI is InChI=1S/C20H21ClN2O5/c1-11-10-14-16(19(24)23(11)8-9-26-2)15(12-4-6-13(21)7-5-12)17(18(22)28-14)20(25)27-3/h4-7,10,15H,8-9,22H2,1-3H3/t15-/m1/s1. The molecule has 1 atom stereocenters. The third kappa shape index (κ3) is 3.50. The number of benzene rings is 1. The molecule has 1 aromatic heterocycles. The number of hydrogen-bond acceptors (Lipinski definition) is 6. The number of nitrogens with zero attached hydrogens (tertiary/aromatic N) is 1. The highest BCUT2D eigenvalue weighted by atomic mass is 35.5. The summed E-state index contributed by atoms with van der Waals surface area (Å²) in [7, 11) is 2.82. The van der Waals surface area contributed by atoms with E-state index in [0.717, 1.165) is 0 Å². The van der Waals surface area contributed by atoms with Gasteiger partial charge in [0, 0.05) is 30.4 Å². The topological polar surface area (TPSA) is 92.8 Å². The number of halogens is 1. The summed E-state index contributed by atoms with van der Waals surface area (Å²) in [5, 5.41) is 0.536. The zero-order valence-corrected chi connectivity index (χ0v) is 16.6. The molecule has 1 aliphatic rings. The number of nitrogens with two attached hydrogens (primary N) is 1. The molecule has 1 aromatic carbocycles. The summed E-state index contributed by atoms with van der Waals surface area (Å²) in [6, 6.07) is 8.61. The molecule has 0 unspecified atom stereocenters. The fourth-order valence-corrected chi connectivity index (χ4v) is 3.47. The van der Waals surface area contributed by atoms with Crippen LogP contribution in [0.5, 0.6) is 5.75 Å². The number of rotatable bonds is 5. The summed E-state index contributed by atoms with van der Waals surface area (Å²) in [6.45, 7) is 2.54. The summed E-state index contributed by atoms with van der Waals surface area (Å²) in [5.41, 5.74) is 7.55. The van der Waals surface area contributed by atoms with Crippen molar-refractivity contribution in [3.05, 3.63) is 74.0 Å². The van der Waals surface area contributed by atoms with Gasteiger partial charge in [0.25, 0.3) is 5.56 Å². The van der Waals surface area contributed by atoms with E-state index in [0.29, 0.717) is 40.7 Å². The average Bonchev–Trinajstić information content (AvgIpc) is 2.67. The number of carbonyl (C=O) groups excluding carboxylic acids is 1. The molecule has 0 saturated carbocycles. The van der Waals surface area contributed by atoms with Gasteiger partial charge in [-0.3, -0.25) is 4.79 Å². The highest BCUT2D eigenvalue weighted by molar-refractivity contribution is 6.30. The molecule has 0 bridgehead atoms. The van der Waals surface area contributed by atoms with E-state index < -0.39 is 11.9 Å². The Morgan fingerprint density at radius 3 is 2.57 bits per heavy atom. The number of ether oxygens (including phenoxy) is 3. The van der Waals surface area contributed by atoms with Crippen LogP contribution in [0.2, 0.25) is 5.02 Å². The molecule has 1 aliphatic heterocycles. The normalized spacial score (nSPS) is 15.8. The Balaban J connectivity index is 2.28. The van der Waals surface area contributed by atoms with Crippen molar-refractivity contribution >= 4 is 17.6 Å². The van der Waals surface area contributed by atoms with E-state index in [4.69, 9.17) is 31.5 Å². The number of hydrogen-bond donors (Lipinski definition) is 1. The Hall–Kier alpha value is -2.77. The maximum atomic E-state index is 13.3. The van der Waals surface area contributed by atoms with Crippen LogP contribution in [0.4, 0.5) is 0 Å². The first-order valence-corrected chi connectivity index (χ1v) is 9.01. The van der Waals surface area contributed by atoms with Gasteiger partial charge in [-0.25, -0.2) is 4.79 Å². The summed E-state index contributed by atoms with van der Waals surface area (Å²) in [5.74, 6) is -1.17. The quantitative estimate of drug-likeness (QED) is 0.769. The van der Waals surface area contributed by atoms with E-state index in [1.54, 1.807) is 48.9 Å². The van der Waals surface area contributed by atoms with Crippen LogP contribution in [0.1, 0.15) is 22.7 Å². The van der Waals surface area contributed by atoms with Gasteiger partial charge in [0.05, 0.1) is 25.2 Å². The van der Waals surface area contributed by atoms with Crippen molar-refractivity contribution in [3.8, 4) is 5.75 Å². The Morgan fingerprint density at radius 2 is 1.96 bits per heavy atom. The fraction of sp³-hybridized carbons (Fsp3) is 0.300. The molecule has 0 amide bonds. The number of carbonyl (C=O) groups is 1. The maximum absolute atomic E-state index is 13.3. The first-order valence-electron chi connectivity index (χ1n) is 8.63. The third-order valence-electron chi connectivity index (χ3n) is 4.70. The van der Waals surface area contributed by atoms with Gasteiger partial charge in [-0.2, -0.15) is 0 Å². The van der Waals surface area contributed by atoms with Crippen molar-refractivity contribution in [2.24, 2.45) is 5.73 Å². The van der Waals surface area contributed by atoms with Gasteiger partial charge in [0.2, 0.25) is 5.88 Å². The van der Waals surface area contributed by atoms with Gasteiger partial charge in [-0.05, 0) is 24.6 Å². The summed E-state index contributed by atoms with van der Waals surface area (Å²) in [4.78, 5) is 25.8. The third-order valence-corrected chi connectivity index (χ3v) is 4.95. The zero-order chi connectivity index (χ0) is 20.4. The van der Waals surface area contributed by atoms with E-state index in [1.165, 1.54) is 7.11 Å². The van der Waals surface area contributed by atoms with Crippen molar-refractivity contribution in [1.29, 1.82) is 0 Å². The van der Waals surface area contributed by atoms with Crippen LogP contribution in [-0.2, 0) is 20.8 Å². The number of methoxy groups -OCH3 is 2. The summed E-state index contributed by atoms with van der Waals surface area (Å²) < 4.78 is 17.2. The Labute approximate surface area is 167 Å². The lowest BCUT2D eigenvalue weighted by atomic mass is 9.83. The lowest BCUT2D eigenvalue weighted by Crippen LogP contribution is -2.35. The van der Waals surface area contributed by atoms with Crippen LogP contribution in [0.15, 0.2) is 46.6 Å². The lowest BCUT2D eigenvalue weighted by Gasteiger charge is -2.29. The molecule has 0 aliphatic carbocycles. The molecule has 8 heteroatoms. The predicted octanol–water partition coefficient (Wildman–Crippen LogP) is 2.32. The smallest absolute Gasteiger partial charge is 0.340 e. The minimum atomic E-state index is -0.740. The van der Waals surface area contributed by atoms with E-state index in [1.807, 2.05) is 0 Å². The molecule has 7 nitrogen and oxygen atoms in total. The van der Waals surface area contributed by atoms with Gasteiger partial charge in [-0.15, -0.1) is 0 Å². The van der Waals surface area contributed by atoms with Crippen LogP contribution in [0.25, 0.3) is 0 Å². The molecule has 28 heavy (non-hydrogen) atoms. The first-order chi connectivity index (χ1) is 13.4. The summed E-state index contributed by atoms with van der Waals surface area (Å²) >= 11 is 6.01. The van der Waals surface area contributed by atoms with Crippen LogP contribution < -0.4 is 16.0 Å². The van der Waals surface area contributed by atoms with E-state index in [2.05, 4.69) is 0 Å². The fourth-order valence-electron chi connectivity index (χ4n) is 3.34. The van der Waals surface area contributed by atoms with Crippen molar-refractivity contribution < 1.29 is 19.0 Å². The Morgan fingerprint density at radius 1 is 1.29 bits per heavy atom. The second-order valence-electron chi connectivity index (χ2n) is 6.37. The molecule has 148 valence electrons. The Kier molecular flexibility index (Phi) is 5.76. The molecule has 2 N–H and O–H groups in total. The number of aryl methyl sites for hydroxylation is 1. The molecule has 2 heterocycles. The van der Waals surface area contributed by atoms with Gasteiger partial charge < -0.3 is 24.5 Å². The van der Waals surface area contributed by atoms with Gasteiger partial charge in [0.1, 0.15) is 11.3 Å². The average molecular weight is 405 g/mol. The van der Waals surface area contributed by atoms with Crippen molar-refractivity contribution in [2.45, 2.75) is 19.4 Å². The van der Waals surface area contributed by atoms with Gasteiger partial charge in [-0.1, -0.05) is 23.7 Å². The van der Waals surface area contributed by atoms with Crippen LogP contribution in [0, 0.1) is 6.92 Å². The Bertz CT molecular complexity index is 995. The minimum Gasteiger partial charge on any atom is -0.465 e. The SMILES string of the molecule is COCCn1c(C)cc2c(c1=O)[C@@H](c1ccc(Cl)cc1)C(C(=O)OC)=C(N)O2. The van der Waals surface area contributed by atoms with Crippen molar-refractivity contribution in [2.75, 3.05) is 20.8 Å². The number of esters is 1. The molecular formula is C20H21ClN2O5.